The van der Waals surface area contributed by atoms with Crippen molar-refractivity contribution in [1.82, 2.24) is 5.32 Å². The minimum atomic E-state index is 0.107. The zero-order valence-corrected chi connectivity index (χ0v) is 19.2. The van der Waals surface area contributed by atoms with Gasteiger partial charge in [0.1, 0.15) is 0 Å². The number of hydrogen-bond acceptors (Lipinski definition) is 2. The second-order valence-corrected chi connectivity index (χ2v) is 9.38. The molecule has 0 bridgehead atoms. The highest BCUT2D eigenvalue weighted by molar-refractivity contribution is 5.54. The molecule has 0 aromatic rings. The van der Waals surface area contributed by atoms with Crippen LogP contribution in [0.25, 0.3) is 0 Å². The van der Waals surface area contributed by atoms with Crippen molar-refractivity contribution in [2.45, 2.75) is 60.3 Å². The van der Waals surface area contributed by atoms with E-state index in [1.165, 1.54) is 17.6 Å². The van der Waals surface area contributed by atoms with Crippen LogP contribution in [0.2, 0.25) is 0 Å². The molecule has 0 aromatic carbocycles. The van der Waals surface area contributed by atoms with Gasteiger partial charge in [-0.3, -0.25) is 4.99 Å². The Kier molecular flexibility index (Phi) is 8.53. The number of hydrogen-bond donors (Lipinski definition) is 1. The second kappa shape index (κ2) is 10.6. The molecular formula is C27H40N2. The smallest absolute Gasteiger partial charge is 0.0589 e. The van der Waals surface area contributed by atoms with Crippen LogP contribution in [0.15, 0.2) is 71.2 Å². The van der Waals surface area contributed by atoms with E-state index in [9.17, 15) is 0 Å². The van der Waals surface area contributed by atoms with Crippen LogP contribution in [0.1, 0.15) is 60.3 Å². The number of nitrogens with zero attached hydrogens (tertiary/aromatic N) is 1. The van der Waals surface area contributed by atoms with Crippen LogP contribution in [-0.4, -0.2) is 12.8 Å². The summed E-state index contributed by atoms with van der Waals surface area (Å²) in [5, 5.41) is 3.57. The minimum absolute atomic E-state index is 0.107. The minimum Gasteiger partial charge on any atom is -0.382 e. The molecular weight excluding hydrogens is 352 g/mol. The Balaban J connectivity index is 2.04. The van der Waals surface area contributed by atoms with Crippen LogP contribution < -0.4 is 5.32 Å². The Hall–Kier alpha value is -2.05. The van der Waals surface area contributed by atoms with E-state index in [0.29, 0.717) is 23.7 Å². The van der Waals surface area contributed by atoms with E-state index in [1.807, 2.05) is 19.3 Å². The van der Waals surface area contributed by atoms with E-state index in [2.05, 4.69) is 81.2 Å². The maximum absolute atomic E-state index is 4.55. The molecule has 1 heterocycles. The van der Waals surface area contributed by atoms with Gasteiger partial charge in [0, 0.05) is 30.3 Å². The molecule has 1 saturated heterocycles. The Bertz CT molecular complexity index is 740. The van der Waals surface area contributed by atoms with Crippen LogP contribution in [0, 0.1) is 29.1 Å². The van der Waals surface area contributed by atoms with E-state index in [0.717, 1.165) is 31.5 Å². The molecule has 4 unspecified atom stereocenters. The Morgan fingerprint density at radius 2 is 2.07 bits per heavy atom. The van der Waals surface area contributed by atoms with Crippen molar-refractivity contribution < 1.29 is 0 Å². The van der Waals surface area contributed by atoms with Gasteiger partial charge in [-0.25, -0.2) is 0 Å². The molecule has 0 radical (unpaired) electrons. The Morgan fingerprint density at radius 3 is 2.76 bits per heavy atom. The SMILES string of the molecule is C=C=C1NCCC(C(=C)CC(C)C2C=CC=CC2/C(C)=C/N=C\C)CCC1(C)C. The lowest BCUT2D eigenvalue weighted by Crippen LogP contribution is -2.32. The van der Waals surface area contributed by atoms with Crippen molar-refractivity contribution in [2.75, 3.05) is 6.54 Å². The molecule has 4 atom stereocenters. The first-order valence-corrected chi connectivity index (χ1v) is 11.1. The number of rotatable bonds is 6. The highest BCUT2D eigenvalue weighted by Crippen LogP contribution is 2.39. The molecule has 158 valence electrons. The molecule has 2 rings (SSSR count). The summed E-state index contributed by atoms with van der Waals surface area (Å²) in [4.78, 5) is 4.34. The van der Waals surface area contributed by atoms with Crippen LogP contribution in [0.3, 0.4) is 0 Å². The maximum atomic E-state index is 4.55. The zero-order valence-electron chi connectivity index (χ0n) is 19.2. The Morgan fingerprint density at radius 1 is 1.34 bits per heavy atom. The van der Waals surface area contributed by atoms with Gasteiger partial charge in [-0.15, -0.1) is 5.73 Å². The fraction of sp³-hybridized carbons (Fsp3) is 0.556. The van der Waals surface area contributed by atoms with Crippen molar-refractivity contribution in [2.24, 2.45) is 34.1 Å². The third-order valence-electron chi connectivity index (χ3n) is 6.72. The molecule has 29 heavy (non-hydrogen) atoms. The maximum Gasteiger partial charge on any atom is 0.0589 e. The predicted octanol–water partition coefficient (Wildman–Crippen LogP) is 7.01. The van der Waals surface area contributed by atoms with Crippen molar-refractivity contribution in [3.63, 3.8) is 0 Å². The normalized spacial score (nSPS) is 28.4. The summed E-state index contributed by atoms with van der Waals surface area (Å²) >= 11 is 0. The zero-order chi connectivity index (χ0) is 21.4. The molecule has 2 aliphatic rings. The molecule has 0 aromatic heterocycles. The highest BCUT2D eigenvalue weighted by Gasteiger charge is 2.30. The van der Waals surface area contributed by atoms with E-state index in [-0.39, 0.29) is 5.41 Å². The summed E-state index contributed by atoms with van der Waals surface area (Å²) in [6, 6.07) is 0. The first kappa shape index (κ1) is 23.2. The van der Waals surface area contributed by atoms with Gasteiger partial charge in [-0.05, 0) is 62.9 Å². The fourth-order valence-corrected chi connectivity index (χ4v) is 4.74. The summed E-state index contributed by atoms with van der Waals surface area (Å²) in [6.45, 7) is 20.5. The van der Waals surface area contributed by atoms with Gasteiger partial charge in [-0.2, -0.15) is 0 Å². The first-order chi connectivity index (χ1) is 13.8. The average molecular weight is 393 g/mol. The van der Waals surface area contributed by atoms with E-state index < -0.39 is 0 Å². The van der Waals surface area contributed by atoms with Crippen molar-refractivity contribution in [3.8, 4) is 0 Å². The molecule has 0 amide bonds. The third-order valence-corrected chi connectivity index (χ3v) is 6.72. The average Bonchev–Trinajstić information content (AvgIpc) is 2.69. The molecule has 1 aliphatic heterocycles. The van der Waals surface area contributed by atoms with E-state index >= 15 is 0 Å². The van der Waals surface area contributed by atoms with Crippen molar-refractivity contribution >= 4 is 6.21 Å². The van der Waals surface area contributed by atoms with Crippen LogP contribution in [0.5, 0.6) is 0 Å². The second-order valence-electron chi connectivity index (χ2n) is 9.38. The van der Waals surface area contributed by atoms with Gasteiger partial charge in [-0.1, -0.05) is 63.8 Å². The number of nitrogens with one attached hydrogen (secondary N) is 1. The molecule has 2 heteroatoms. The molecule has 0 saturated carbocycles. The van der Waals surface area contributed by atoms with Gasteiger partial charge >= 0.3 is 0 Å². The van der Waals surface area contributed by atoms with Crippen molar-refractivity contribution in [1.29, 1.82) is 0 Å². The predicted molar refractivity (Wildman–Crippen MR) is 128 cm³/mol. The topological polar surface area (TPSA) is 24.4 Å². The van der Waals surface area contributed by atoms with E-state index in [4.69, 9.17) is 0 Å². The van der Waals surface area contributed by atoms with Crippen molar-refractivity contribution in [3.05, 3.63) is 66.2 Å². The largest absolute Gasteiger partial charge is 0.382 e. The third kappa shape index (κ3) is 6.21. The number of allylic oxidation sites excluding steroid dienone is 7. The van der Waals surface area contributed by atoms with Crippen LogP contribution in [-0.2, 0) is 0 Å². The monoisotopic (exact) mass is 392 g/mol. The van der Waals surface area contributed by atoms with Gasteiger partial charge in [0.15, 0.2) is 0 Å². The lowest BCUT2D eigenvalue weighted by Gasteiger charge is -2.35. The first-order valence-electron chi connectivity index (χ1n) is 11.1. The summed E-state index contributed by atoms with van der Waals surface area (Å²) < 4.78 is 0. The molecule has 1 N–H and O–H groups in total. The molecule has 2 nitrogen and oxygen atoms in total. The molecule has 1 fully saturated rings. The lowest BCUT2D eigenvalue weighted by atomic mass is 9.72. The Labute approximate surface area is 179 Å². The highest BCUT2D eigenvalue weighted by atomic mass is 14.9. The molecule has 0 spiro atoms. The summed E-state index contributed by atoms with van der Waals surface area (Å²) in [5.74, 6) is 2.05. The summed E-state index contributed by atoms with van der Waals surface area (Å²) in [7, 11) is 0. The quantitative estimate of drug-likeness (QED) is 0.293. The number of aliphatic imine (C=N–C) groups is 1. The van der Waals surface area contributed by atoms with Gasteiger partial charge in [0.25, 0.3) is 0 Å². The van der Waals surface area contributed by atoms with Crippen LogP contribution in [0.4, 0.5) is 0 Å². The van der Waals surface area contributed by atoms with Gasteiger partial charge in [0.05, 0.1) is 5.70 Å². The summed E-state index contributed by atoms with van der Waals surface area (Å²) in [6.07, 6.45) is 17.5. The van der Waals surface area contributed by atoms with Gasteiger partial charge < -0.3 is 5.32 Å². The van der Waals surface area contributed by atoms with E-state index in [1.54, 1.807) is 0 Å². The standard InChI is InChI=1S/C27H40N2/c1-8-26-27(6,7)16-14-23(15-17-29-26)20(3)18-21(4)24-12-10-11-13-25(24)22(5)19-28-9-2/h9-13,19,21,23-25,29H,1,3,14-18H2,2,4-7H3/b22-19+,28-9-. The van der Waals surface area contributed by atoms with Gasteiger partial charge in [0.2, 0.25) is 0 Å². The lowest BCUT2D eigenvalue weighted by molar-refractivity contribution is 0.296. The van der Waals surface area contributed by atoms with Crippen LogP contribution >= 0.6 is 0 Å². The molecule has 1 aliphatic carbocycles. The summed E-state index contributed by atoms with van der Waals surface area (Å²) in [5.41, 5.74) is 7.12. The fourth-order valence-electron chi connectivity index (χ4n) is 4.74.